The van der Waals surface area contributed by atoms with Crippen LogP contribution in [-0.2, 0) is 11.2 Å². The zero-order valence-electron chi connectivity index (χ0n) is 12.6. The lowest BCUT2D eigenvalue weighted by Crippen LogP contribution is -2.49. The van der Waals surface area contributed by atoms with Crippen molar-refractivity contribution in [3.63, 3.8) is 0 Å². The summed E-state index contributed by atoms with van der Waals surface area (Å²) in [5.74, 6) is -0.980. The van der Waals surface area contributed by atoms with E-state index in [1.807, 2.05) is 26.0 Å². The molecule has 0 saturated carbocycles. The van der Waals surface area contributed by atoms with Crippen molar-refractivity contribution in [1.82, 2.24) is 5.32 Å². The van der Waals surface area contributed by atoms with E-state index in [9.17, 15) is 9.59 Å². The van der Waals surface area contributed by atoms with Crippen molar-refractivity contribution in [3.8, 4) is 0 Å². The summed E-state index contributed by atoms with van der Waals surface area (Å²) in [6.45, 7) is 4.56. The summed E-state index contributed by atoms with van der Waals surface area (Å²) >= 11 is 0. The fraction of sp³-hybridized carbons (Fsp3) is 0.500. The smallest absolute Gasteiger partial charge is 0.326 e. The third-order valence-corrected chi connectivity index (χ3v) is 3.77. The number of aliphatic carboxylic acids is 1. The van der Waals surface area contributed by atoms with Gasteiger partial charge in [0, 0.05) is 12.2 Å². The van der Waals surface area contributed by atoms with Gasteiger partial charge >= 0.3 is 12.0 Å². The van der Waals surface area contributed by atoms with Crippen LogP contribution in [0.4, 0.5) is 10.5 Å². The van der Waals surface area contributed by atoms with Gasteiger partial charge in [-0.25, -0.2) is 9.59 Å². The van der Waals surface area contributed by atoms with Crippen LogP contribution >= 0.6 is 0 Å². The summed E-state index contributed by atoms with van der Waals surface area (Å²) < 4.78 is 0. The Hall–Kier alpha value is -2.04. The lowest BCUT2D eigenvalue weighted by atomic mass is 10.00. The number of carboxylic acids is 1. The molecule has 2 rings (SSSR count). The van der Waals surface area contributed by atoms with E-state index in [0.29, 0.717) is 19.4 Å². The van der Waals surface area contributed by atoms with E-state index in [1.165, 1.54) is 5.56 Å². The largest absolute Gasteiger partial charge is 0.480 e. The minimum atomic E-state index is -0.980. The summed E-state index contributed by atoms with van der Waals surface area (Å²) in [7, 11) is 0. The second-order valence-corrected chi connectivity index (χ2v) is 5.52. The number of carbonyl (C=O) groups is 2. The number of amides is 2. The number of fused-ring (bicyclic) bond motifs is 1. The minimum Gasteiger partial charge on any atom is -0.480 e. The first-order chi connectivity index (χ1) is 10.0. The maximum Gasteiger partial charge on any atom is 0.326 e. The quantitative estimate of drug-likeness (QED) is 0.895. The number of anilines is 1. The Labute approximate surface area is 125 Å². The summed E-state index contributed by atoms with van der Waals surface area (Å²) in [5.41, 5.74) is 3.22. The third kappa shape index (κ3) is 3.54. The van der Waals surface area contributed by atoms with Crippen LogP contribution in [0.2, 0.25) is 0 Å². The Morgan fingerprint density at radius 1 is 1.43 bits per heavy atom. The van der Waals surface area contributed by atoms with Crippen molar-refractivity contribution in [2.45, 2.75) is 45.6 Å². The van der Waals surface area contributed by atoms with E-state index in [2.05, 4.69) is 11.4 Å². The molecule has 1 aliphatic heterocycles. The van der Waals surface area contributed by atoms with Crippen molar-refractivity contribution in [3.05, 3.63) is 29.3 Å². The highest BCUT2D eigenvalue weighted by Crippen LogP contribution is 2.28. The Morgan fingerprint density at radius 3 is 2.86 bits per heavy atom. The highest BCUT2D eigenvalue weighted by atomic mass is 16.4. The molecule has 21 heavy (non-hydrogen) atoms. The van der Waals surface area contributed by atoms with E-state index in [4.69, 9.17) is 5.11 Å². The molecule has 0 spiro atoms. The predicted molar refractivity (Wildman–Crippen MR) is 81.7 cm³/mol. The molecule has 0 saturated heterocycles. The van der Waals surface area contributed by atoms with Gasteiger partial charge in [0.1, 0.15) is 6.04 Å². The van der Waals surface area contributed by atoms with Crippen LogP contribution in [-0.4, -0.2) is 29.7 Å². The number of hydrogen-bond donors (Lipinski definition) is 2. The second kappa shape index (κ2) is 6.61. The van der Waals surface area contributed by atoms with Gasteiger partial charge in [0.05, 0.1) is 0 Å². The molecule has 0 unspecified atom stereocenters. The first kappa shape index (κ1) is 15.4. The maximum atomic E-state index is 12.4. The van der Waals surface area contributed by atoms with Crippen LogP contribution in [0.25, 0.3) is 0 Å². The van der Waals surface area contributed by atoms with Crippen molar-refractivity contribution < 1.29 is 14.7 Å². The monoisotopic (exact) mass is 290 g/mol. The van der Waals surface area contributed by atoms with Gasteiger partial charge < -0.3 is 10.4 Å². The van der Waals surface area contributed by atoms with E-state index in [1.54, 1.807) is 4.90 Å². The Kier molecular flexibility index (Phi) is 4.83. The molecular weight excluding hydrogens is 268 g/mol. The topological polar surface area (TPSA) is 69.6 Å². The average Bonchev–Trinajstić information content (AvgIpc) is 2.45. The summed E-state index contributed by atoms with van der Waals surface area (Å²) in [6.07, 6.45) is 3.01. The molecular formula is C16H22N2O3. The number of urea groups is 1. The number of hydrogen-bond acceptors (Lipinski definition) is 2. The number of rotatable bonds is 4. The molecule has 0 radical (unpaired) electrons. The molecule has 0 aromatic heterocycles. The second-order valence-electron chi connectivity index (χ2n) is 5.52. The molecule has 0 bridgehead atoms. The molecule has 1 heterocycles. The van der Waals surface area contributed by atoms with Gasteiger partial charge in [0.15, 0.2) is 0 Å². The van der Waals surface area contributed by atoms with Gasteiger partial charge in [-0.15, -0.1) is 0 Å². The van der Waals surface area contributed by atoms with Gasteiger partial charge in [0.25, 0.3) is 0 Å². The molecule has 1 aromatic carbocycles. The minimum absolute atomic E-state index is 0.319. The maximum absolute atomic E-state index is 12.4. The van der Waals surface area contributed by atoms with Crippen molar-refractivity contribution in [1.29, 1.82) is 0 Å². The summed E-state index contributed by atoms with van der Waals surface area (Å²) in [4.78, 5) is 25.2. The van der Waals surface area contributed by atoms with E-state index < -0.39 is 12.0 Å². The summed E-state index contributed by atoms with van der Waals surface area (Å²) in [5, 5.41) is 11.8. The highest BCUT2D eigenvalue weighted by Gasteiger charge is 2.26. The van der Waals surface area contributed by atoms with E-state index in [0.717, 1.165) is 24.1 Å². The van der Waals surface area contributed by atoms with E-state index >= 15 is 0 Å². The fourth-order valence-electron chi connectivity index (χ4n) is 2.71. The SMILES string of the molecule is CCC[C@H](NC(=O)N1CCCc2cc(C)ccc21)C(=O)O. The fourth-order valence-corrected chi connectivity index (χ4v) is 2.71. The van der Waals surface area contributed by atoms with Crippen LogP contribution in [0.5, 0.6) is 0 Å². The number of nitrogens with one attached hydrogen (secondary N) is 1. The first-order valence-corrected chi connectivity index (χ1v) is 7.43. The molecule has 5 nitrogen and oxygen atoms in total. The van der Waals surface area contributed by atoms with Gasteiger partial charge in [-0.2, -0.15) is 0 Å². The Morgan fingerprint density at radius 2 is 2.19 bits per heavy atom. The van der Waals surface area contributed by atoms with Gasteiger partial charge in [-0.05, 0) is 37.8 Å². The Bertz CT molecular complexity index is 542. The molecule has 1 aromatic rings. The number of carboxylic acid groups (broad SMARTS) is 1. The van der Waals surface area contributed by atoms with Crippen LogP contribution in [0.15, 0.2) is 18.2 Å². The predicted octanol–water partition coefficient (Wildman–Crippen LogP) is 2.71. The number of benzene rings is 1. The lowest BCUT2D eigenvalue weighted by molar-refractivity contribution is -0.139. The molecule has 0 aliphatic carbocycles. The van der Waals surface area contributed by atoms with E-state index in [-0.39, 0.29) is 6.03 Å². The highest BCUT2D eigenvalue weighted by molar-refractivity contribution is 5.95. The standard InChI is InChI=1S/C16H22N2O3/c1-3-5-13(15(19)20)17-16(21)18-9-4-6-12-10-11(2)7-8-14(12)18/h7-8,10,13H,3-6,9H2,1-2H3,(H,17,21)(H,19,20)/t13-/m0/s1. The number of nitrogens with zero attached hydrogens (tertiary/aromatic N) is 1. The zero-order chi connectivity index (χ0) is 15.4. The third-order valence-electron chi connectivity index (χ3n) is 3.77. The molecule has 2 N–H and O–H groups in total. The van der Waals surface area contributed by atoms with Crippen molar-refractivity contribution in [2.24, 2.45) is 0 Å². The molecule has 1 atom stereocenters. The molecule has 1 aliphatic rings. The van der Waals surface area contributed by atoms with Crippen molar-refractivity contribution in [2.75, 3.05) is 11.4 Å². The molecule has 114 valence electrons. The van der Waals surface area contributed by atoms with Crippen molar-refractivity contribution >= 4 is 17.7 Å². The van der Waals surface area contributed by atoms with Crippen LogP contribution in [0.1, 0.15) is 37.3 Å². The van der Waals surface area contributed by atoms with Crippen LogP contribution < -0.4 is 10.2 Å². The van der Waals surface area contributed by atoms with Gasteiger partial charge in [-0.1, -0.05) is 31.0 Å². The number of carbonyl (C=O) groups excluding carboxylic acids is 1. The van der Waals surface area contributed by atoms with Gasteiger partial charge in [-0.3, -0.25) is 4.90 Å². The number of aryl methyl sites for hydroxylation is 2. The molecule has 0 fully saturated rings. The van der Waals surface area contributed by atoms with Crippen LogP contribution in [0, 0.1) is 6.92 Å². The van der Waals surface area contributed by atoms with Crippen LogP contribution in [0.3, 0.4) is 0 Å². The normalized spacial score (nSPS) is 15.2. The summed E-state index contributed by atoms with van der Waals surface area (Å²) in [6, 6.07) is 4.87. The Balaban J connectivity index is 2.16. The average molecular weight is 290 g/mol. The molecule has 2 amide bonds. The lowest BCUT2D eigenvalue weighted by Gasteiger charge is -2.30. The van der Waals surface area contributed by atoms with Gasteiger partial charge in [0.2, 0.25) is 0 Å². The first-order valence-electron chi connectivity index (χ1n) is 7.43. The molecule has 5 heteroatoms. The zero-order valence-corrected chi connectivity index (χ0v) is 12.6.